The lowest BCUT2D eigenvalue weighted by Gasteiger charge is -2.10. The van der Waals surface area contributed by atoms with Crippen LogP contribution < -0.4 is 11.2 Å². The van der Waals surface area contributed by atoms with Gasteiger partial charge in [-0.2, -0.15) is 5.10 Å². The van der Waals surface area contributed by atoms with Crippen molar-refractivity contribution in [3.8, 4) is 0 Å². The van der Waals surface area contributed by atoms with Crippen molar-refractivity contribution in [2.24, 2.45) is 16.8 Å². The van der Waals surface area contributed by atoms with Crippen molar-refractivity contribution in [2.45, 2.75) is 32.1 Å². The van der Waals surface area contributed by atoms with E-state index >= 15 is 0 Å². The number of aryl methyl sites for hydroxylation is 1. The van der Waals surface area contributed by atoms with E-state index in [0.29, 0.717) is 5.92 Å². The first-order chi connectivity index (χ1) is 8.75. The van der Waals surface area contributed by atoms with Crippen LogP contribution in [0.15, 0.2) is 35.4 Å². The number of carbonyl (C=O) groups is 1. The minimum absolute atomic E-state index is 0.483. The predicted molar refractivity (Wildman–Crippen MR) is 72.3 cm³/mol. The summed E-state index contributed by atoms with van der Waals surface area (Å²) < 4.78 is 0. The monoisotopic (exact) mass is 245 g/mol. The molecule has 0 saturated heterocycles. The minimum Gasteiger partial charge on any atom is -0.350 e. The lowest BCUT2D eigenvalue weighted by Crippen LogP contribution is -2.26. The predicted octanol–water partition coefficient (Wildman–Crippen LogP) is 2.44. The first-order valence-corrected chi connectivity index (χ1v) is 6.41. The molecule has 18 heavy (non-hydrogen) atoms. The van der Waals surface area contributed by atoms with Crippen LogP contribution in [0.4, 0.5) is 4.79 Å². The molecule has 4 nitrogen and oxygen atoms in total. The second-order valence-electron chi connectivity index (χ2n) is 4.69. The Morgan fingerprint density at radius 3 is 2.89 bits per heavy atom. The average molecular weight is 245 g/mol. The van der Waals surface area contributed by atoms with E-state index in [1.165, 1.54) is 5.56 Å². The van der Waals surface area contributed by atoms with Crippen LogP contribution in [0.25, 0.3) is 0 Å². The van der Waals surface area contributed by atoms with Gasteiger partial charge in [0.05, 0.1) is 0 Å². The molecule has 1 aliphatic carbocycles. The summed E-state index contributed by atoms with van der Waals surface area (Å²) in [5.41, 5.74) is 9.81. The molecular weight excluding hydrogens is 226 g/mol. The van der Waals surface area contributed by atoms with Crippen molar-refractivity contribution < 1.29 is 4.79 Å². The summed E-state index contributed by atoms with van der Waals surface area (Å²) in [5.74, 6) is 0.483. The summed E-state index contributed by atoms with van der Waals surface area (Å²) in [7, 11) is 0. The van der Waals surface area contributed by atoms with E-state index in [2.05, 4.69) is 34.8 Å². The Morgan fingerprint density at radius 1 is 1.39 bits per heavy atom. The zero-order chi connectivity index (χ0) is 12.8. The number of benzene rings is 1. The Labute approximate surface area is 107 Å². The number of urea groups is 1. The molecule has 0 aliphatic heterocycles. The largest absolute Gasteiger partial charge is 0.350 e. The van der Waals surface area contributed by atoms with Crippen LogP contribution in [0.2, 0.25) is 0 Å². The van der Waals surface area contributed by atoms with E-state index < -0.39 is 6.03 Å². The van der Waals surface area contributed by atoms with Crippen LogP contribution in [0.5, 0.6) is 0 Å². The highest BCUT2D eigenvalue weighted by atomic mass is 16.2. The van der Waals surface area contributed by atoms with Gasteiger partial charge < -0.3 is 5.73 Å². The standard InChI is InChI=1S/C14H19N3O/c15-14(18)17-16-13-8-4-7-12(13)10-9-11-5-2-1-3-6-11/h1-3,5-6,12H,4,7-10H2,(H3,15,17,18)/b16-13+. The van der Waals surface area contributed by atoms with Gasteiger partial charge in [0.2, 0.25) is 0 Å². The lowest BCUT2D eigenvalue weighted by atomic mass is 9.97. The number of amides is 2. The number of hydrogen-bond acceptors (Lipinski definition) is 2. The molecule has 1 atom stereocenters. The molecule has 1 aliphatic rings. The van der Waals surface area contributed by atoms with Gasteiger partial charge in [0.15, 0.2) is 0 Å². The highest BCUT2D eigenvalue weighted by Gasteiger charge is 2.22. The summed E-state index contributed by atoms with van der Waals surface area (Å²) >= 11 is 0. The van der Waals surface area contributed by atoms with E-state index in [9.17, 15) is 4.79 Å². The Morgan fingerprint density at radius 2 is 2.17 bits per heavy atom. The molecule has 1 aromatic carbocycles. The van der Waals surface area contributed by atoms with Gasteiger partial charge in [-0.05, 0) is 43.6 Å². The SMILES string of the molecule is NC(=O)N/N=C1\CCCC1CCc1ccccc1. The minimum atomic E-state index is -0.587. The molecule has 1 saturated carbocycles. The van der Waals surface area contributed by atoms with Crippen LogP contribution >= 0.6 is 0 Å². The van der Waals surface area contributed by atoms with Crippen molar-refractivity contribution in [2.75, 3.05) is 0 Å². The van der Waals surface area contributed by atoms with Gasteiger partial charge in [-0.15, -0.1) is 0 Å². The highest BCUT2D eigenvalue weighted by molar-refractivity contribution is 5.89. The van der Waals surface area contributed by atoms with Gasteiger partial charge >= 0.3 is 6.03 Å². The quantitative estimate of drug-likeness (QED) is 0.786. The molecule has 0 radical (unpaired) electrons. The van der Waals surface area contributed by atoms with E-state index in [-0.39, 0.29) is 0 Å². The van der Waals surface area contributed by atoms with Gasteiger partial charge in [0.25, 0.3) is 0 Å². The molecular formula is C14H19N3O. The number of nitrogens with two attached hydrogens (primary N) is 1. The molecule has 96 valence electrons. The van der Waals surface area contributed by atoms with Crippen LogP contribution in [0, 0.1) is 5.92 Å². The molecule has 4 heteroatoms. The molecule has 1 fully saturated rings. The molecule has 0 aromatic heterocycles. The third-order valence-corrected chi connectivity index (χ3v) is 3.39. The van der Waals surface area contributed by atoms with Crippen molar-refractivity contribution in [1.29, 1.82) is 0 Å². The highest BCUT2D eigenvalue weighted by Crippen LogP contribution is 2.26. The summed E-state index contributed by atoms with van der Waals surface area (Å²) in [6, 6.07) is 9.86. The molecule has 0 heterocycles. The van der Waals surface area contributed by atoms with Gasteiger partial charge in [-0.1, -0.05) is 30.3 Å². The van der Waals surface area contributed by atoms with Gasteiger partial charge in [-0.3, -0.25) is 0 Å². The fourth-order valence-corrected chi connectivity index (χ4v) is 2.47. The first-order valence-electron chi connectivity index (χ1n) is 6.41. The van der Waals surface area contributed by atoms with E-state index in [4.69, 9.17) is 5.73 Å². The van der Waals surface area contributed by atoms with E-state index in [1.54, 1.807) is 0 Å². The number of rotatable bonds is 4. The Balaban J connectivity index is 1.88. The summed E-state index contributed by atoms with van der Waals surface area (Å²) in [6.45, 7) is 0. The van der Waals surface area contributed by atoms with E-state index in [0.717, 1.165) is 37.8 Å². The van der Waals surface area contributed by atoms with Crippen LogP contribution in [0.1, 0.15) is 31.2 Å². The average Bonchev–Trinajstić information content (AvgIpc) is 2.82. The topological polar surface area (TPSA) is 67.5 Å². The second kappa shape index (κ2) is 6.19. The number of hydrogen-bond donors (Lipinski definition) is 2. The Kier molecular flexibility index (Phi) is 4.34. The Bertz CT molecular complexity index is 428. The number of hydrazone groups is 1. The zero-order valence-electron chi connectivity index (χ0n) is 10.4. The molecule has 0 bridgehead atoms. The molecule has 0 spiro atoms. The number of nitrogens with one attached hydrogen (secondary N) is 1. The van der Waals surface area contributed by atoms with Crippen molar-refractivity contribution in [1.82, 2.24) is 5.43 Å². The summed E-state index contributed by atoms with van der Waals surface area (Å²) in [6.07, 6.45) is 5.43. The fourth-order valence-electron chi connectivity index (χ4n) is 2.47. The normalized spacial score (nSPS) is 21.1. The third-order valence-electron chi connectivity index (χ3n) is 3.39. The molecule has 1 unspecified atom stereocenters. The summed E-state index contributed by atoms with van der Waals surface area (Å²) in [4.78, 5) is 10.6. The van der Waals surface area contributed by atoms with Gasteiger partial charge in [0.1, 0.15) is 0 Å². The zero-order valence-corrected chi connectivity index (χ0v) is 10.4. The van der Waals surface area contributed by atoms with Crippen LogP contribution in [-0.2, 0) is 6.42 Å². The number of carbonyl (C=O) groups excluding carboxylic acids is 1. The second-order valence-corrected chi connectivity index (χ2v) is 4.69. The van der Waals surface area contributed by atoms with E-state index in [1.807, 2.05) is 6.07 Å². The third kappa shape index (κ3) is 3.58. The van der Waals surface area contributed by atoms with Crippen molar-refractivity contribution >= 4 is 11.7 Å². The molecule has 1 aromatic rings. The maximum atomic E-state index is 10.6. The molecule has 2 amide bonds. The van der Waals surface area contributed by atoms with Crippen molar-refractivity contribution in [3.63, 3.8) is 0 Å². The van der Waals surface area contributed by atoms with Crippen molar-refractivity contribution in [3.05, 3.63) is 35.9 Å². The molecule has 3 N–H and O–H groups in total. The lowest BCUT2D eigenvalue weighted by molar-refractivity contribution is 0.249. The van der Waals surface area contributed by atoms with Crippen LogP contribution in [0.3, 0.4) is 0 Å². The number of primary amides is 1. The van der Waals surface area contributed by atoms with Crippen LogP contribution in [-0.4, -0.2) is 11.7 Å². The van der Waals surface area contributed by atoms with Gasteiger partial charge in [0, 0.05) is 5.71 Å². The smallest absolute Gasteiger partial charge is 0.332 e. The molecule has 2 rings (SSSR count). The maximum Gasteiger partial charge on any atom is 0.332 e. The maximum absolute atomic E-state index is 10.6. The first kappa shape index (κ1) is 12.6. The fraction of sp³-hybridized carbons (Fsp3) is 0.429. The number of nitrogens with zero attached hydrogens (tertiary/aromatic N) is 1. The Hall–Kier alpha value is -1.84. The van der Waals surface area contributed by atoms with Gasteiger partial charge in [-0.25, -0.2) is 10.2 Å². The summed E-state index contributed by atoms with van der Waals surface area (Å²) in [5, 5.41) is 4.11.